The molecule has 5 heteroatoms. The van der Waals surface area contributed by atoms with E-state index in [1.807, 2.05) is 17.5 Å². The first-order valence-corrected chi connectivity index (χ1v) is 6.98. The predicted octanol–water partition coefficient (Wildman–Crippen LogP) is 2.62. The molecule has 2 aromatic rings. The highest BCUT2D eigenvalue weighted by atomic mass is 32.1. The molecule has 0 aliphatic heterocycles. The maximum Gasteiger partial charge on any atom is 0.138 e. The van der Waals surface area contributed by atoms with Crippen LogP contribution < -0.4 is 10.1 Å². The number of ether oxygens (including phenoxy) is 1. The molecule has 4 nitrogen and oxygen atoms in total. The third-order valence-corrected chi connectivity index (χ3v) is 3.04. The normalized spacial score (nSPS) is 10.5. The molecule has 18 heavy (non-hydrogen) atoms. The van der Waals surface area contributed by atoms with Crippen molar-refractivity contribution in [3.05, 3.63) is 40.6 Å². The average Bonchev–Trinajstić information content (AvgIpc) is 2.91. The maximum absolute atomic E-state index is 5.59. The van der Waals surface area contributed by atoms with E-state index in [2.05, 4.69) is 22.2 Å². The third-order valence-electron chi connectivity index (χ3n) is 2.40. The zero-order valence-electron chi connectivity index (χ0n) is 10.4. The number of hydrogen-bond acceptors (Lipinski definition) is 5. The zero-order valence-corrected chi connectivity index (χ0v) is 11.2. The first kappa shape index (κ1) is 13.0. The van der Waals surface area contributed by atoms with Crippen LogP contribution in [0.25, 0.3) is 0 Å². The molecule has 0 radical (unpaired) electrons. The molecular formula is C13H17N3OS. The van der Waals surface area contributed by atoms with Crippen molar-refractivity contribution in [2.75, 3.05) is 6.54 Å². The minimum absolute atomic E-state index is 0.499. The molecule has 0 atom stereocenters. The van der Waals surface area contributed by atoms with E-state index in [0.29, 0.717) is 6.61 Å². The number of hydrogen-bond donors (Lipinski definition) is 1. The molecule has 0 aromatic carbocycles. The summed E-state index contributed by atoms with van der Waals surface area (Å²) in [5.74, 6) is 0.780. The highest BCUT2D eigenvalue weighted by Crippen LogP contribution is 2.12. The molecular weight excluding hydrogens is 246 g/mol. The zero-order chi connectivity index (χ0) is 12.6. The van der Waals surface area contributed by atoms with Gasteiger partial charge in [0.05, 0.1) is 23.1 Å². The van der Waals surface area contributed by atoms with Gasteiger partial charge in [0, 0.05) is 11.9 Å². The Labute approximate surface area is 111 Å². The molecule has 0 saturated carbocycles. The van der Waals surface area contributed by atoms with Gasteiger partial charge in [0.1, 0.15) is 12.4 Å². The van der Waals surface area contributed by atoms with E-state index in [1.165, 1.54) is 0 Å². The van der Waals surface area contributed by atoms with Crippen molar-refractivity contribution in [1.82, 2.24) is 15.3 Å². The first-order valence-electron chi connectivity index (χ1n) is 6.04. The van der Waals surface area contributed by atoms with Gasteiger partial charge in [-0.15, -0.1) is 11.3 Å². The van der Waals surface area contributed by atoms with E-state index >= 15 is 0 Å². The van der Waals surface area contributed by atoms with Crippen molar-refractivity contribution in [1.29, 1.82) is 0 Å². The molecule has 96 valence electrons. The lowest BCUT2D eigenvalue weighted by atomic mass is 10.3. The van der Waals surface area contributed by atoms with Crippen LogP contribution in [0.5, 0.6) is 5.75 Å². The molecule has 2 heterocycles. The summed E-state index contributed by atoms with van der Waals surface area (Å²) in [6.45, 7) is 4.47. The van der Waals surface area contributed by atoms with Gasteiger partial charge in [-0.2, -0.15) is 0 Å². The van der Waals surface area contributed by atoms with Gasteiger partial charge in [-0.3, -0.25) is 4.98 Å². The van der Waals surface area contributed by atoms with Gasteiger partial charge in [-0.25, -0.2) is 4.98 Å². The largest absolute Gasteiger partial charge is 0.486 e. The van der Waals surface area contributed by atoms with Crippen LogP contribution in [0, 0.1) is 0 Å². The van der Waals surface area contributed by atoms with Crippen LogP contribution >= 0.6 is 11.3 Å². The average molecular weight is 263 g/mol. The third kappa shape index (κ3) is 4.09. The molecule has 0 amide bonds. The van der Waals surface area contributed by atoms with Crippen LogP contribution in [-0.4, -0.2) is 16.5 Å². The lowest BCUT2D eigenvalue weighted by Gasteiger charge is -2.06. The smallest absolute Gasteiger partial charge is 0.138 e. The number of nitrogens with one attached hydrogen (secondary N) is 1. The summed E-state index contributed by atoms with van der Waals surface area (Å²) in [7, 11) is 0. The summed E-state index contributed by atoms with van der Waals surface area (Å²) in [5.41, 5.74) is 3.79. The quantitative estimate of drug-likeness (QED) is 0.780. The fraction of sp³-hybridized carbons (Fsp3) is 0.385. The Morgan fingerprint density at radius 1 is 1.28 bits per heavy atom. The maximum atomic E-state index is 5.59. The monoisotopic (exact) mass is 263 g/mol. The van der Waals surface area contributed by atoms with Gasteiger partial charge < -0.3 is 10.1 Å². The number of aromatic nitrogens is 2. The molecule has 0 fully saturated rings. The molecule has 1 N–H and O–H groups in total. The van der Waals surface area contributed by atoms with Gasteiger partial charge in [-0.05, 0) is 25.1 Å². The van der Waals surface area contributed by atoms with Gasteiger partial charge in [-0.1, -0.05) is 6.92 Å². The predicted molar refractivity (Wildman–Crippen MR) is 72.7 cm³/mol. The highest BCUT2D eigenvalue weighted by Gasteiger charge is 1.99. The summed E-state index contributed by atoms with van der Waals surface area (Å²) in [5, 5.41) is 5.30. The Morgan fingerprint density at radius 2 is 2.22 bits per heavy atom. The Kier molecular flexibility index (Phi) is 5.11. The van der Waals surface area contributed by atoms with E-state index in [9.17, 15) is 0 Å². The van der Waals surface area contributed by atoms with Gasteiger partial charge in [0.2, 0.25) is 0 Å². The van der Waals surface area contributed by atoms with E-state index in [4.69, 9.17) is 4.74 Å². The van der Waals surface area contributed by atoms with E-state index < -0.39 is 0 Å². The second-order valence-electron chi connectivity index (χ2n) is 3.93. The Hall–Kier alpha value is -1.46. The highest BCUT2D eigenvalue weighted by molar-refractivity contribution is 7.07. The molecule has 0 aliphatic carbocycles. The van der Waals surface area contributed by atoms with Crippen LogP contribution in [0.15, 0.2) is 29.2 Å². The topological polar surface area (TPSA) is 47.0 Å². The minimum atomic E-state index is 0.499. The Balaban J connectivity index is 1.80. The van der Waals surface area contributed by atoms with Crippen LogP contribution in [0.3, 0.4) is 0 Å². The summed E-state index contributed by atoms with van der Waals surface area (Å²) < 4.78 is 5.59. The fourth-order valence-corrected chi connectivity index (χ4v) is 2.00. The molecule has 0 bridgehead atoms. The second-order valence-corrected chi connectivity index (χ2v) is 4.65. The van der Waals surface area contributed by atoms with E-state index in [0.717, 1.165) is 36.6 Å². The molecule has 2 aromatic heterocycles. The lowest BCUT2D eigenvalue weighted by molar-refractivity contribution is 0.300. The SMILES string of the molecule is CCCNCc1ccc(OCc2cscn2)cn1. The number of pyridine rings is 1. The van der Waals surface area contributed by atoms with Crippen molar-refractivity contribution in [2.24, 2.45) is 0 Å². The number of thiazole rings is 1. The van der Waals surface area contributed by atoms with Crippen molar-refractivity contribution in [3.8, 4) is 5.75 Å². The summed E-state index contributed by atoms with van der Waals surface area (Å²) >= 11 is 1.57. The number of nitrogens with zero attached hydrogens (tertiary/aromatic N) is 2. The molecule has 0 spiro atoms. The standard InChI is InChI=1S/C13H17N3OS/c1-2-5-14-6-11-3-4-13(7-15-11)17-8-12-9-18-10-16-12/h3-4,7,9-10,14H,2,5-6,8H2,1H3. The van der Waals surface area contributed by atoms with Crippen molar-refractivity contribution < 1.29 is 4.74 Å². The lowest BCUT2D eigenvalue weighted by Crippen LogP contribution is -2.14. The Morgan fingerprint density at radius 3 is 2.89 bits per heavy atom. The van der Waals surface area contributed by atoms with E-state index in [-0.39, 0.29) is 0 Å². The molecule has 2 rings (SSSR count). The van der Waals surface area contributed by atoms with Crippen molar-refractivity contribution in [2.45, 2.75) is 26.5 Å². The number of rotatable bonds is 7. The molecule has 0 saturated heterocycles. The molecule has 0 unspecified atom stereocenters. The summed E-state index contributed by atoms with van der Waals surface area (Å²) in [6.07, 6.45) is 2.89. The van der Waals surface area contributed by atoms with Gasteiger partial charge >= 0.3 is 0 Å². The van der Waals surface area contributed by atoms with Crippen molar-refractivity contribution >= 4 is 11.3 Å². The first-order chi connectivity index (χ1) is 8.88. The Bertz CT molecular complexity index is 442. The van der Waals surface area contributed by atoms with Gasteiger partial charge in [0.25, 0.3) is 0 Å². The van der Waals surface area contributed by atoms with E-state index in [1.54, 1.807) is 23.0 Å². The summed E-state index contributed by atoms with van der Waals surface area (Å²) in [6, 6.07) is 3.93. The second kappa shape index (κ2) is 7.08. The molecule has 0 aliphatic rings. The summed E-state index contributed by atoms with van der Waals surface area (Å²) in [4.78, 5) is 8.51. The van der Waals surface area contributed by atoms with Crippen LogP contribution in [-0.2, 0) is 13.2 Å². The van der Waals surface area contributed by atoms with Crippen LogP contribution in [0.4, 0.5) is 0 Å². The van der Waals surface area contributed by atoms with Crippen molar-refractivity contribution in [3.63, 3.8) is 0 Å². The minimum Gasteiger partial charge on any atom is -0.486 e. The van der Waals surface area contributed by atoms with Gasteiger partial charge in [0.15, 0.2) is 0 Å². The van der Waals surface area contributed by atoms with Crippen LogP contribution in [0.2, 0.25) is 0 Å². The fourth-order valence-electron chi connectivity index (χ4n) is 1.46. The van der Waals surface area contributed by atoms with Crippen LogP contribution in [0.1, 0.15) is 24.7 Å².